The standard InChI is InChI=1S/C15H11Cl2N3O2/c1-22-8-2-3-9-10(4-8)15(21)20-19-14(9)5-11-12(16)6-18-7-13(11)17/h2-4,6-7H,5H2,1H3,(H,20,21). The van der Waals surface area contributed by atoms with Gasteiger partial charge in [-0.25, -0.2) is 5.10 Å². The van der Waals surface area contributed by atoms with Crippen LogP contribution in [-0.4, -0.2) is 22.3 Å². The van der Waals surface area contributed by atoms with Crippen molar-refractivity contribution in [3.05, 3.63) is 62.2 Å². The van der Waals surface area contributed by atoms with Crippen molar-refractivity contribution in [2.45, 2.75) is 6.42 Å². The van der Waals surface area contributed by atoms with E-state index in [-0.39, 0.29) is 5.56 Å². The molecule has 3 aromatic rings. The molecule has 0 saturated carbocycles. The lowest BCUT2D eigenvalue weighted by Gasteiger charge is -2.09. The van der Waals surface area contributed by atoms with Crippen LogP contribution in [0, 0.1) is 0 Å². The highest BCUT2D eigenvalue weighted by Gasteiger charge is 2.13. The Bertz CT molecular complexity index is 889. The van der Waals surface area contributed by atoms with Gasteiger partial charge in [0.1, 0.15) is 5.75 Å². The minimum Gasteiger partial charge on any atom is -0.497 e. The van der Waals surface area contributed by atoms with Crippen LogP contribution in [0.1, 0.15) is 11.3 Å². The van der Waals surface area contributed by atoms with Crippen molar-refractivity contribution in [1.82, 2.24) is 15.2 Å². The number of fused-ring (bicyclic) bond motifs is 1. The molecule has 0 amide bonds. The molecule has 0 fully saturated rings. The van der Waals surface area contributed by atoms with Crippen molar-refractivity contribution in [2.24, 2.45) is 0 Å². The third-order valence-corrected chi connectivity index (χ3v) is 4.02. The number of aromatic amines is 1. The number of H-pyrrole nitrogens is 1. The van der Waals surface area contributed by atoms with E-state index in [1.807, 2.05) is 0 Å². The number of nitrogens with zero attached hydrogens (tertiary/aromatic N) is 2. The van der Waals surface area contributed by atoms with Gasteiger partial charge in [0.25, 0.3) is 5.56 Å². The molecule has 2 aromatic heterocycles. The molecule has 1 N–H and O–H groups in total. The number of hydrogen-bond donors (Lipinski definition) is 1. The number of pyridine rings is 1. The van der Waals surface area contributed by atoms with Crippen LogP contribution < -0.4 is 10.3 Å². The van der Waals surface area contributed by atoms with Gasteiger partial charge in [0.2, 0.25) is 0 Å². The second kappa shape index (κ2) is 5.94. The average molecular weight is 336 g/mol. The number of nitrogens with one attached hydrogen (secondary N) is 1. The fourth-order valence-corrected chi connectivity index (χ4v) is 2.74. The molecule has 0 atom stereocenters. The average Bonchev–Trinajstić information content (AvgIpc) is 2.53. The number of methoxy groups -OCH3 is 1. The quantitative estimate of drug-likeness (QED) is 0.797. The highest BCUT2D eigenvalue weighted by Crippen LogP contribution is 2.27. The topological polar surface area (TPSA) is 67.9 Å². The molecule has 112 valence electrons. The molecule has 22 heavy (non-hydrogen) atoms. The lowest BCUT2D eigenvalue weighted by atomic mass is 10.1. The zero-order valence-corrected chi connectivity index (χ0v) is 13.1. The highest BCUT2D eigenvalue weighted by atomic mass is 35.5. The lowest BCUT2D eigenvalue weighted by molar-refractivity contribution is 0.415. The Labute approximate surface area is 135 Å². The van der Waals surface area contributed by atoms with Crippen LogP contribution in [0.15, 0.2) is 35.4 Å². The Hall–Kier alpha value is -2.11. The summed E-state index contributed by atoms with van der Waals surface area (Å²) in [6.45, 7) is 0. The molecule has 3 rings (SSSR count). The number of halogens is 2. The van der Waals surface area contributed by atoms with Crippen molar-refractivity contribution in [1.29, 1.82) is 0 Å². The highest BCUT2D eigenvalue weighted by molar-refractivity contribution is 6.35. The van der Waals surface area contributed by atoms with Crippen LogP contribution in [0.2, 0.25) is 10.0 Å². The molecule has 0 aliphatic carbocycles. The summed E-state index contributed by atoms with van der Waals surface area (Å²) in [7, 11) is 1.55. The van der Waals surface area contributed by atoms with Crippen molar-refractivity contribution >= 4 is 34.0 Å². The first-order chi connectivity index (χ1) is 10.6. The monoisotopic (exact) mass is 335 g/mol. The number of rotatable bonds is 3. The Morgan fingerprint density at radius 1 is 1.18 bits per heavy atom. The van der Waals surface area contributed by atoms with E-state index < -0.39 is 0 Å². The maximum absolute atomic E-state index is 11.9. The molecule has 5 nitrogen and oxygen atoms in total. The lowest BCUT2D eigenvalue weighted by Crippen LogP contribution is -2.11. The van der Waals surface area contributed by atoms with E-state index in [4.69, 9.17) is 27.9 Å². The first kappa shape index (κ1) is 14.8. The van der Waals surface area contributed by atoms with Crippen LogP contribution in [0.5, 0.6) is 5.75 Å². The molecule has 0 aliphatic heterocycles. The Balaban J connectivity index is 2.16. The van der Waals surface area contributed by atoms with Gasteiger partial charge in [0.05, 0.1) is 28.2 Å². The van der Waals surface area contributed by atoms with Crippen molar-refractivity contribution in [3.8, 4) is 5.75 Å². The van der Waals surface area contributed by atoms with E-state index in [1.165, 1.54) is 12.4 Å². The summed E-state index contributed by atoms with van der Waals surface area (Å²) in [5, 5.41) is 8.77. The van der Waals surface area contributed by atoms with E-state index in [1.54, 1.807) is 25.3 Å². The summed E-state index contributed by atoms with van der Waals surface area (Å²) in [5.41, 5.74) is 1.12. The van der Waals surface area contributed by atoms with Gasteiger partial charge >= 0.3 is 0 Å². The van der Waals surface area contributed by atoms with Gasteiger partial charge in [-0.2, -0.15) is 5.10 Å². The molecule has 7 heteroatoms. The first-order valence-electron chi connectivity index (χ1n) is 6.43. The van der Waals surface area contributed by atoms with Gasteiger partial charge < -0.3 is 4.74 Å². The molecular weight excluding hydrogens is 325 g/mol. The Morgan fingerprint density at radius 2 is 1.91 bits per heavy atom. The zero-order chi connectivity index (χ0) is 15.7. The summed E-state index contributed by atoms with van der Waals surface area (Å²) >= 11 is 12.3. The van der Waals surface area contributed by atoms with Crippen molar-refractivity contribution in [2.75, 3.05) is 7.11 Å². The minimum atomic E-state index is -0.274. The predicted octanol–water partition coefficient (Wildman–Crippen LogP) is 3.22. The molecule has 0 unspecified atom stereocenters. The molecule has 0 radical (unpaired) electrons. The van der Waals surface area contributed by atoms with Gasteiger partial charge in [-0.05, 0) is 23.8 Å². The minimum absolute atomic E-state index is 0.274. The summed E-state index contributed by atoms with van der Waals surface area (Å²) in [4.78, 5) is 15.9. The summed E-state index contributed by atoms with van der Waals surface area (Å²) in [6, 6.07) is 5.26. The van der Waals surface area contributed by atoms with Gasteiger partial charge in [0.15, 0.2) is 0 Å². The van der Waals surface area contributed by atoms with Crippen LogP contribution in [-0.2, 0) is 6.42 Å². The van der Waals surface area contributed by atoms with Gasteiger partial charge in [-0.3, -0.25) is 9.78 Å². The number of ether oxygens (including phenoxy) is 1. The SMILES string of the molecule is COc1ccc2c(Cc3c(Cl)cncc3Cl)n[nH]c(=O)c2c1. The zero-order valence-electron chi connectivity index (χ0n) is 11.6. The number of benzene rings is 1. The van der Waals surface area contributed by atoms with Crippen molar-refractivity contribution in [3.63, 3.8) is 0 Å². The summed E-state index contributed by atoms with van der Waals surface area (Å²) in [6.07, 6.45) is 3.44. The smallest absolute Gasteiger partial charge is 0.272 e. The van der Waals surface area contributed by atoms with E-state index in [0.29, 0.717) is 33.3 Å². The van der Waals surface area contributed by atoms with E-state index in [9.17, 15) is 4.79 Å². The van der Waals surface area contributed by atoms with Crippen LogP contribution in [0.3, 0.4) is 0 Å². The third kappa shape index (κ3) is 2.65. The Morgan fingerprint density at radius 3 is 2.59 bits per heavy atom. The predicted molar refractivity (Wildman–Crippen MR) is 86.0 cm³/mol. The molecular formula is C15H11Cl2N3O2. The number of hydrogen-bond acceptors (Lipinski definition) is 4. The normalized spacial score (nSPS) is 10.9. The van der Waals surface area contributed by atoms with Crippen LogP contribution in [0.25, 0.3) is 10.8 Å². The molecule has 1 aromatic carbocycles. The molecule has 0 spiro atoms. The van der Waals surface area contributed by atoms with E-state index >= 15 is 0 Å². The molecule has 0 aliphatic rings. The molecule has 2 heterocycles. The van der Waals surface area contributed by atoms with Gasteiger partial charge in [-0.1, -0.05) is 23.2 Å². The first-order valence-corrected chi connectivity index (χ1v) is 7.19. The maximum atomic E-state index is 11.9. The number of aromatic nitrogens is 3. The Kier molecular flexibility index (Phi) is 4.00. The fraction of sp³-hybridized carbons (Fsp3) is 0.133. The van der Waals surface area contributed by atoms with E-state index in [2.05, 4.69) is 15.2 Å². The largest absolute Gasteiger partial charge is 0.497 e. The van der Waals surface area contributed by atoms with Crippen LogP contribution >= 0.6 is 23.2 Å². The van der Waals surface area contributed by atoms with E-state index in [0.717, 1.165) is 10.9 Å². The van der Waals surface area contributed by atoms with Crippen molar-refractivity contribution < 1.29 is 4.74 Å². The summed E-state index contributed by atoms with van der Waals surface area (Å²) in [5.74, 6) is 0.607. The third-order valence-electron chi connectivity index (χ3n) is 3.37. The maximum Gasteiger partial charge on any atom is 0.272 e. The molecule has 0 saturated heterocycles. The molecule has 0 bridgehead atoms. The second-order valence-electron chi connectivity index (χ2n) is 4.67. The summed E-state index contributed by atoms with van der Waals surface area (Å²) < 4.78 is 5.15. The van der Waals surface area contributed by atoms with Crippen LogP contribution in [0.4, 0.5) is 0 Å². The second-order valence-corrected chi connectivity index (χ2v) is 5.48. The van der Waals surface area contributed by atoms with Gasteiger partial charge in [-0.15, -0.1) is 0 Å². The fourth-order valence-electron chi connectivity index (χ4n) is 2.24. The van der Waals surface area contributed by atoms with Gasteiger partial charge in [0, 0.05) is 24.2 Å².